The van der Waals surface area contributed by atoms with Gasteiger partial charge in [-0.1, -0.05) is 25.5 Å². The first-order valence-corrected chi connectivity index (χ1v) is 7.79. The molecule has 116 valence electrons. The number of hydrogen-bond donors (Lipinski definition) is 2. The number of carbonyl (C=O) groups excluding carboxylic acids is 1. The molecule has 0 aliphatic carbocycles. The van der Waals surface area contributed by atoms with Gasteiger partial charge in [0.1, 0.15) is 0 Å². The number of aliphatic hydroxyl groups is 1. The highest BCUT2D eigenvalue weighted by Gasteiger charge is 2.33. The number of amides is 1. The zero-order valence-electron chi connectivity index (χ0n) is 12.7. The molecule has 1 fully saturated rings. The lowest BCUT2D eigenvalue weighted by molar-refractivity contribution is 0.0125. The first kappa shape index (κ1) is 16.0. The van der Waals surface area contributed by atoms with Crippen molar-refractivity contribution in [1.82, 2.24) is 5.32 Å². The van der Waals surface area contributed by atoms with Gasteiger partial charge < -0.3 is 15.2 Å². The first-order valence-electron chi connectivity index (χ1n) is 7.79. The van der Waals surface area contributed by atoms with Crippen LogP contribution < -0.4 is 5.32 Å². The maximum atomic E-state index is 12.3. The minimum atomic E-state index is -0.532. The lowest BCUT2D eigenvalue weighted by Crippen LogP contribution is -2.54. The van der Waals surface area contributed by atoms with Crippen LogP contribution in [0, 0.1) is 0 Å². The zero-order valence-corrected chi connectivity index (χ0v) is 12.7. The number of aryl methyl sites for hydroxylation is 1. The van der Waals surface area contributed by atoms with Crippen LogP contribution in [0.2, 0.25) is 0 Å². The number of hydrogen-bond acceptors (Lipinski definition) is 3. The summed E-state index contributed by atoms with van der Waals surface area (Å²) in [5.74, 6) is -0.118. The molecule has 1 amide bonds. The smallest absolute Gasteiger partial charge is 0.251 e. The summed E-state index contributed by atoms with van der Waals surface area (Å²) in [6.07, 6.45) is 4.70. The molecule has 21 heavy (non-hydrogen) atoms. The molecular weight excluding hydrogens is 266 g/mol. The topological polar surface area (TPSA) is 58.6 Å². The first-order chi connectivity index (χ1) is 10.2. The van der Waals surface area contributed by atoms with Crippen molar-refractivity contribution in [2.75, 3.05) is 19.8 Å². The molecule has 1 aromatic rings. The van der Waals surface area contributed by atoms with E-state index in [1.165, 1.54) is 18.4 Å². The van der Waals surface area contributed by atoms with Crippen LogP contribution in [0.5, 0.6) is 0 Å². The van der Waals surface area contributed by atoms with Crippen molar-refractivity contribution < 1.29 is 14.6 Å². The van der Waals surface area contributed by atoms with Crippen LogP contribution in [0.15, 0.2) is 24.3 Å². The van der Waals surface area contributed by atoms with Crippen molar-refractivity contribution in [3.05, 3.63) is 35.4 Å². The van der Waals surface area contributed by atoms with E-state index >= 15 is 0 Å². The number of rotatable bonds is 6. The van der Waals surface area contributed by atoms with Crippen LogP contribution in [-0.4, -0.2) is 36.4 Å². The molecule has 0 saturated carbocycles. The second-order valence-electron chi connectivity index (χ2n) is 5.81. The van der Waals surface area contributed by atoms with Gasteiger partial charge in [-0.05, 0) is 43.4 Å². The molecule has 0 radical (unpaired) electrons. The standard InChI is InChI=1S/C17H25NO3/c1-2-3-4-14-5-7-15(8-6-14)16(20)18-17(13-19)9-11-21-12-10-17/h5-8,19H,2-4,9-13H2,1H3,(H,18,20). The summed E-state index contributed by atoms with van der Waals surface area (Å²) in [6.45, 7) is 3.29. The SMILES string of the molecule is CCCCc1ccc(C(=O)NC2(CO)CCOCC2)cc1. The van der Waals surface area contributed by atoms with E-state index in [-0.39, 0.29) is 12.5 Å². The Hall–Kier alpha value is -1.39. The van der Waals surface area contributed by atoms with Crippen molar-refractivity contribution in [3.63, 3.8) is 0 Å². The fraction of sp³-hybridized carbons (Fsp3) is 0.588. The number of benzene rings is 1. The van der Waals surface area contributed by atoms with Crippen molar-refractivity contribution >= 4 is 5.91 Å². The quantitative estimate of drug-likeness (QED) is 0.845. The van der Waals surface area contributed by atoms with Gasteiger partial charge in [-0.15, -0.1) is 0 Å². The van der Waals surface area contributed by atoms with Crippen LogP contribution >= 0.6 is 0 Å². The van der Waals surface area contributed by atoms with Crippen LogP contribution in [-0.2, 0) is 11.2 Å². The van der Waals surface area contributed by atoms with Crippen molar-refractivity contribution in [1.29, 1.82) is 0 Å². The highest BCUT2D eigenvalue weighted by Crippen LogP contribution is 2.21. The Morgan fingerprint density at radius 2 is 1.95 bits per heavy atom. The van der Waals surface area contributed by atoms with E-state index < -0.39 is 5.54 Å². The number of unbranched alkanes of at least 4 members (excludes halogenated alkanes) is 1. The van der Waals surface area contributed by atoms with Gasteiger partial charge in [0.25, 0.3) is 5.91 Å². The number of ether oxygens (including phenoxy) is 1. The molecular formula is C17H25NO3. The summed E-state index contributed by atoms with van der Waals surface area (Å²) in [7, 11) is 0. The third-order valence-corrected chi connectivity index (χ3v) is 4.17. The molecule has 1 aliphatic heterocycles. The molecule has 2 rings (SSSR count). The highest BCUT2D eigenvalue weighted by molar-refractivity contribution is 5.94. The monoisotopic (exact) mass is 291 g/mol. The molecule has 0 unspecified atom stereocenters. The van der Waals surface area contributed by atoms with Crippen molar-refractivity contribution in [3.8, 4) is 0 Å². The van der Waals surface area contributed by atoms with Gasteiger partial charge in [0.15, 0.2) is 0 Å². The largest absolute Gasteiger partial charge is 0.394 e. The Balaban J connectivity index is 1.98. The lowest BCUT2D eigenvalue weighted by atomic mass is 9.90. The Bertz CT molecular complexity index is 450. The van der Waals surface area contributed by atoms with E-state index in [1.54, 1.807) is 0 Å². The van der Waals surface area contributed by atoms with Gasteiger partial charge in [-0.2, -0.15) is 0 Å². The maximum absolute atomic E-state index is 12.3. The Morgan fingerprint density at radius 1 is 1.29 bits per heavy atom. The summed E-state index contributed by atoms with van der Waals surface area (Å²) in [4.78, 5) is 12.3. The summed E-state index contributed by atoms with van der Waals surface area (Å²) in [5, 5.41) is 12.6. The average molecular weight is 291 g/mol. The summed E-state index contributed by atoms with van der Waals surface area (Å²) < 4.78 is 5.30. The van der Waals surface area contributed by atoms with Crippen molar-refractivity contribution in [2.45, 2.75) is 44.6 Å². The Kier molecular flexibility index (Phi) is 5.76. The number of nitrogens with one attached hydrogen (secondary N) is 1. The fourth-order valence-corrected chi connectivity index (χ4v) is 2.60. The van der Waals surface area contributed by atoms with E-state index in [0.717, 1.165) is 6.42 Å². The summed E-state index contributed by atoms with van der Waals surface area (Å²) in [6, 6.07) is 7.76. The molecule has 0 spiro atoms. The Morgan fingerprint density at radius 3 is 2.52 bits per heavy atom. The van der Waals surface area contributed by atoms with Crippen LogP contribution in [0.4, 0.5) is 0 Å². The minimum absolute atomic E-state index is 0.0450. The van der Waals surface area contributed by atoms with Crippen LogP contribution in [0.1, 0.15) is 48.5 Å². The molecule has 1 saturated heterocycles. The predicted molar refractivity (Wildman–Crippen MR) is 82.4 cm³/mol. The fourth-order valence-electron chi connectivity index (χ4n) is 2.60. The number of carbonyl (C=O) groups is 1. The maximum Gasteiger partial charge on any atom is 0.251 e. The Labute approximate surface area is 126 Å². The molecule has 0 aromatic heterocycles. The van der Waals surface area contributed by atoms with E-state index in [9.17, 15) is 9.90 Å². The highest BCUT2D eigenvalue weighted by atomic mass is 16.5. The second-order valence-corrected chi connectivity index (χ2v) is 5.81. The summed E-state index contributed by atoms with van der Waals surface area (Å²) in [5.41, 5.74) is 1.38. The average Bonchev–Trinajstić information content (AvgIpc) is 2.54. The third-order valence-electron chi connectivity index (χ3n) is 4.17. The van der Waals surface area contributed by atoms with Crippen LogP contribution in [0.3, 0.4) is 0 Å². The normalized spacial score (nSPS) is 17.4. The molecule has 0 bridgehead atoms. The van der Waals surface area contributed by atoms with E-state index in [1.807, 2.05) is 24.3 Å². The zero-order chi connectivity index (χ0) is 15.1. The van der Waals surface area contributed by atoms with Gasteiger partial charge in [0.05, 0.1) is 12.1 Å². The van der Waals surface area contributed by atoms with Gasteiger partial charge >= 0.3 is 0 Å². The van der Waals surface area contributed by atoms with Gasteiger partial charge in [-0.3, -0.25) is 4.79 Å². The van der Waals surface area contributed by atoms with Gasteiger partial charge in [0, 0.05) is 18.8 Å². The van der Waals surface area contributed by atoms with Crippen LogP contribution in [0.25, 0.3) is 0 Å². The lowest BCUT2D eigenvalue weighted by Gasteiger charge is -2.36. The second kappa shape index (κ2) is 7.57. The summed E-state index contributed by atoms with van der Waals surface area (Å²) >= 11 is 0. The molecule has 0 atom stereocenters. The van der Waals surface area contributed by atoms with E-state index in [2.05, 4.69) is 12.2 Å². The minimum Gasteiger partial charge on any atom is -0.394 e. The van der Waals surface area contributed by atoms with E-state index in [0.29, 0.717) is 31.6 Å². The molecule has 4 nitrogen and oxygen atoms in total. The van der Waals surface area contributed by atoms with Gasteiger partial charge in [-0.25, -0.2) is 0 Å². The molecule has 1 aromatic carbocycles. The third kappa shape index (κ3) is 4.29. The van der Waals surface area contributed by atoms with Crippen molar-refractivity contribution in [2.24, 2.45) is 0 Å². The number of aliphatic hydroxyl groups excluding tert-OH is 1. The van der Waals surface area contributed by atoms with Gasteiger partial charge in [0.2, 0.25) is 0 Å². The molecule has 1 heterocycles. The molecule has 1 aliphatic rings. The predicted octanol–water partition coefficient (Wildman–Crippen LogP) is 2.30. The van der Waals surface area contributed by atoms with E-state index in [4.69, 9.17) is 4.74 Å². The molecule has 2 N–H and O–H groups in total. The molecule has 4 heteroatoms.